The SMILES string of the molecule is CCCc1ocnc1CNC(C)C. The molecule has 0 amide bonds. The van der Waals surface area contributed by atoms with Crippen LogP contribution in [0.5, 0.6) is 0 Å². The summed E-state index contributed by atoms with van der Waals surface area (Å²) in [6, 6.07) is 0.492. The highest BCUT2D eigenvalue weighted by Crippen LogP contribution is 2.08. The zero-order valence-corrected chi connectivity index (χ0v) is 8.63. The second kappa shape index (κ2) is 5.02. The number of nitrogens with one attached hydrogen (secondary N) is 1. The molecule has 0 aromatic carbocycles. The second-order valence-electron chi connectivity index (χ2n) is 3.51. The minimum atomic E-state index is 0.492. The van der Waals surface area contributed by atoms with Crippen LogP contribution in [-0.2, 0) is 13.0 Å². The zero-order valence-electron chi connectivity index (χ0n) is 8.63. The Kier molecular flexibility index (Phi) is 3.96. The van der Waals surface area contributed by atoms with Gasteiger partial charge in [-0.05, 0) is 6.42 Å². The fourth-order valence-electron chi connectivity index (χ4n) is 1.17. The number of nitrogens with zero attached hydrogens (tertiary/aromatic N) is 1. The van der Waals surface area contributed by atoms with Gasteiger partial charge in [-0.15, -0.1) is 0 Å². The van der Waals surface area contributed by atoms with Crippen molar-refractivity contribution < 1.29 is 4.42 Å². The van der Waals surface area contributed by atoms with Crippen LogP contribution in [0.4, 0.5) is 0 Å². The molecule has 1 aromatic heterocycles. The molecule has 0 fully saturated rings. The first-order valence-corrected chi connectivity index (χ1v) is 4.88. The van der Waals surface area contributed by atoms with Crippen LogP contribution in [0.1, 0.15) is 38.6 Å². The van der Waals surface area contributed by atoms with Crippen molar-refractivity contribution >= 4 is 0 Å². The number of aromatic nitrogens is 1. The quantitative estimate of drug-likeness (QED) is 0.758. The first kappa shape index (κ1) is 10.3. The molecule has 0 unspecified atom stereocenters. The summed E-state index contributed by atoms with van der Waals surface area (Å²) in [5.74, 6) is 1.02. The van der Waals surface area contributed by atoms with Crippen molar-refractivity contribution in [2.24, 2.45) is 0 Å². The van der Waals surface area contributed by atoms with Gasteiger partial charge in [-0.2, -0.15) is 0 Å². The lowest BCUT2D eigenvalue weighted by Gasteiger charge is -2.06. The summed E-state index contributed by atoms with van der Waals surface area (Å²) in [6.07, 6.45) is 3.61. The summed E-state index contributed by atoms with van der Waals surface area (Å²) in [4.78, 5) is 4.18. The average molecular weight is 182 g/mol. The van der Waals surface area contributed by atoms with Crippen molar-refractivity contribution in [3.63, 3.8) is 0 Å². The maximum atomic E-state index is 5.29. The predicted octanol–water partition coefficient (Wildman–Crippen LogP) is 2.13. The standard InChI is InChI=1S/C10H18N2O/c1-4-5-10-9(12-7-13-10)6-11-8(2)3/h7-8,11H,4-6H2,1-3H3. The molecular formula is C10H18N2O. The highest BCUT2D eigenvalue weighted by atomic mass is 16.3. The minimum Gasteiger partial charge on any atom is -0.448 e. The van der Waals surface area contributed by atoms with Crippen LogP contribution in [0.15, 0.2) is 10.8 Å². The van der Waals surface area contributed by atoms with Crippen LogP contribution >= 0.6 is 0 Å². The Hall–Kier alpha value is -0.830. The van der Waals surface area contributed by atoms with Gasteiger partial charge >= 0.3 is 0 Å². The van der Waals surface area contributed by atoms with Crippen molar-refractivity contribution in [2.45, 2.75) is 46.2 Å². The summed E-state index contributed by atoms with van der Waals surface area (Å²) < 4.78 is 5.29. The third-order valence-electron chi connectivity index (χ3n) is 1.88. The van der Waals surface area contributed by atoms with Crippen molar-refractivity contribution in [3.8, 4) is 0 Å². The van der Waals surface area contributed by atoms with Crippen molar-refractivity contribution in [2.75, 3.05) is 0 Å². The number of rotatable bonds is 5. The molecule has 1 N–H and O–H groups in total. The van der Waals surface area contributed by atoms with E-state index in [0.717, 1.165) is 30.8 Å². The lowest BCUT2D eigenvalue weighted by atomic mass is 10.2. The van der Waals surface area contributed by atoms with Crippen LogP contribution in [0.2, 0.25) is 0 Å². The van der Waals surface area contributed by atoms with Gasteiger partial charge in [0.15, 0.2) is 6.39 Å². The normalized spacial score (nSPS) is 11.1. The second-order valence-corrected chi connectivity index (χ2v) is 3.51. The fraction of sp³-hybridized carbons (Fsp3) is 0.700. The van der Waals surface area contributed by atoms with E-state index < -0.39 is 0 Å². The van der Waals surface area contributed by atoms with E-state index in [9.17, 15) is 0 Å². The lowest BCUT2D eigenvalue weighted by Crippen LogP contribution is -2.22. The molecule has 74 valence electrons. The summed E-state index contributed by atoms with van der Waals surface area (Å²) in [6.45, 7) is 7.20. The maximum Gasteiger partial charge on any atom is 0.181 e. The van der Waals surface area contributed by atoms with E-state index in [4.69, 9.17) is 4.42 Å². The van der Waals surface area contributed by atoms with Crippen molar-refractivity contribution in [1.29, 1.82) is 0 Å². The largest absolute Gasteiger partial charge is 0.448 e. The average Bonchev–Trinajstić information content (AvgIpc) is 2.49. The maximum absolute atomic E-state index is 5.29. The summed E-state index contributed by atoms with van der Waals surface area (Å²) >= 11 is 0. The summed E-state index contributed by atoms with van der Waals surface area (Å²) in [7, 11) is 0. The molecule has 3 heteroatoms. The molecule has 0 saturated heterocycles. The Morgan fingerprint density at radius 3 is 2.92 bits per heavy atom. The molecule has 0 atom stereocenters. The number of hydrogen-bond acceptors (Lipinski definition) is 3. The van der Waals surface area contributed by atoms with E-state index in [1.807, 2.05) is 0 Å². The molecule has 0 aliphatic rings. The summed E-state index contributed by atoms with van der Waals surface area (Å²) in [5.41, 5.74) is 1.05. The predicted molar refractivity (Wildman–Crippen MR) is 52.5 cm³/mol. The van der Waals surface area contributed by atoms with Crippen LogP contribution in [0, 0.1) is 0 Å². The zero-order chi connectivity index (χ0) is 9.68. The van der Waals surface area contributed by atoms with Gasteiger partial charge in [-0.25, -0.2) is 4.98 Å². The van der Waals surface area contributed by atoms with Crippen molar-refractivity contribution in [3.05, 3.63) is 17.8 Å². The number of aryl methyl sites for hydroxylation is 1. The molecule has 1 heterocycles. The molecule has 0 saturated carbocycles. The van der Waals surface area contributed by atoms with Gasteiger partial charge in [-0.3, -0.25) is 0 Å². The van der Waals surface area contributed by atoms with E-state index in [1.54, 1.807) is 0 Å². The van der Waals surface area contributed by atoms with Gasteiger partial charge in [0.05, 0.1) is 5.69 Å². The molecule has 0 aliphatic carbocycles. The lowest BCUT2D eigenvalue weighted by molar-refractivity contribution is 0.492. The van der Waals surface area contributed by atoms with Gasteiger partial charge in [0, 0.05) is 19.0 Å². The summed E-state index contributed by atoms with van der Waals surface area (Å²) in [5, 5.41) is 3.32. The molecule has 13 heavy (non-hydrogen) atoms. The Morgan fingerprint density at radius 1 is 1.54 bits per heavy atom. The van der Waals surface area contributed by atoms with Gasteiger partial charge in [-0.1, -0.05) is 20.8 Å². The highest BCUT2D eigenvalue weighted by Gasteiger charge is 2.06. The van der Waals surface area contributed by atoms with E-state index in [0.29, 0.717) is 6.04 Å². The molecule has 3 nitrogen and oxygen atoms in total. The van der Waals surface area contributed by atoms with Crippen LogP contribution in [0.25, 0.3) is 0 Å². The molecule has 1 rings (SSSR count). The van der Waals surface area contributed by atoms with Crippen LogP contribution < -0.4 is 5.32 Å². The van der Waals surface area contributed by atoms with E-state index in [2.05, 4.69) is 31.1 Å². The first-order valence-electron chi connectivity index (χ1n) is 4.88. The van der Waals surface area contributed by atoms with Gasteiger partial charge < -0.3 is 9.73 Å². The Morgan fingerprint density at radius 2 is 2.31 bits per heavy atom. The van der Waals surface area contributed by atoms with Gasteiger partial charge in [0.25, 0.3) is 0 Å². The number of hydrogen-bond donors (Lipinski definition) is 1. The molecule has 0 radical (unpaired) electrons. The molecular weight excluding hydrogens is 164 g/mol. The molecule has 0 aliphatic heterocycles. The first-order chi connectivity index (χ1) is 6.24. The topological polar surface area (TPSA) is 38.1 Å². The third kappa shape index (κ3) is 3.19. The smallest absolute Gasteiger partial charge is 0.181 e. The minimum absolute atomic E-state index is 0.492. The number of oxazole rings is 1. The van der Waals surface area contributed by atoms with Gasteiger partial charge in [0.1, 0.15) is 5.76 Å². The Bertz CT molecular complexity index is 243. The molecule has 0 spiro atoms. The molecule has 1 aromatic rings. The Balaban J connectivity index is 2.49. The van der Waals surface area contributed by atoms with Crippen LogP contribution in [0.3, 0.4) is 0 Å². The monoisotopic (exact) mass is 182 g/mol. The van der Waals surface area contributed by atoms with Crippen LogP contribution in [-0.4, -0.2) is 11.0 Å². The highest BCUT2D eigenvalue weighted by molar-refractivity contribution is 5.06. The third-order valence-corrected chi connectivity index (χ3v) is 1.88. The van der Waals surface area contributed by atoms with Crippen molar-refractivity contribution in [1.82, 2.24) is 10.3 Å². The fourth-order valence-corrected chi connectivity index (χ4v) is 1.17. The Labute approximate surface area is 79.5 Å². The van der Waals surface area contributed by atoms with E-state index >= 15 is 0 Å². The van der Waals surface area contributed by atoms with E-state index in [1.165, 1.54) is 6.39 Å². The van der Waals surface area contributed by atoms with E-state index in [-0.39, 0.29) is 0 Å². The van der Waals surface area contributed by atoms with Gasteiger partial charge in [0.2, 0.25) is 0 Å². The molecule has 0 bridgehead atoms.